The molecule has 31 heavy (non-hydrogen) atoms. The monoisotopic (exact) mass is 452 g/mol. The lowest BCUT2D eigenvalue weighted by Crippen LogP contribution is -2.37. The van der Waals surface area contributed by atoms with Crippen LogP contribution in [0.2, 0.25) is 10.0 Å². The van der Waals surface area contributed by atoms with Crippen LogP contribution < -0.4 is 10.5 Å². The molecule has 1 saturated carbocycles. The number of pyridine rings is 1. The zero-order valence-corrected chi connectivity index (χ0v) is 18.4. The third-order valence-electron chi connectivity index (χ3n) is 6.44. The highest BCUT2D eigenvalue weighted by Gasteiger charge is 2.45. The number of aromatic nitrogens is 1. The van der Waals surface area contributed by atoms with E-state index in [0.29, 0.717) is 15.9 Å². The molecular weight excluding hydrogens is 431 g/mol. The van der Waals surface area contributed by atoms with Crippen LogP contribution in [-0.4, -0.2) is 10.5 Å². The van der Waals surface area contributed by atoms with Crippen molar-refractivity contribution in [1.29, 1.82) is 0 Å². The van der Waals surface area contributed by atoms with Crippen LogP contribution in [0.25, 0.3) is 0 Å². The topological polar surface area (TPSA) is 42.3 Å². The lowest BCUT2D eigenvalue weighted by atomic mass is 9.92. The molecule has 0 bridgehead atoms. The van der Waals surface area contributed by atoms with Gasteiger partial charge in [-0.25, -0.2) is 0 Å². The fourth-order valence-corrected chi connectivity index (χ4v) is 5.24. The van der Waals surface area contributed by atoms with E-state index in [4.69, 9.17) is 23.2 Å². The molecule has 0 N–H and O–H groups in total. The third kappa shape index (κ3) is 3.58. The number of amides is 1. The standard InChI is InChI=1S/C25H22Cl2N2O2/c26-19-12-8-16(9-13-19)23-24(17-10-14-20(27)15-11-17)29(25(31)18-4-1-2-5-18)21-6-3-7-22(30)28(21)23/h3,6-15,18,23-24H,1-2,4-5H2/t23-,24+/m0/s1. The summed E-state index contributed by atoms with van der Waals surface area (Å²) >= 11 is 12.3. The summed E-state index contributed by atoms with van der Waals surface area (Å²) in [5.41, 5.74) is 1.75. The number of carbonyl (C=O) groups excluding carboxylic acids is 1. The predicted octanol–water partition coefficient (Wildman–Crippen LogP) is 6.02. The second-order valence-corrected chi connectivity index (χ2v) is 9.15. The van der Waals surface area contributed by atoms with Crippen molar-refractivity contribution in [3.8, 4) is 0 Å². The Bertz CT molecular complexity index is 1170. The smallest absolute Gasteiger partial charge is 0.252 e. The van der Waals surface area contributed by atoms with Crippen molar-refractivity contribution in [2.24, 2.45) is 5.92 Å². The average Bonchev–Trinajstić information content (AvgIpc) is 3.42. The second kappa shape index (κ2) is 8.18. The Hall–Kier alpha value is -2.56. The molecular formula is C25H22Cl2N2O2. The molecule has 4 nitrogen and oxygen atoms in total. The molecule has 0 radical (unpaired) electrons. The molecule has 2 aliphatic rings. The molecule has 1 aromatic heterocycles. The number of nitrogens with zero attached hydrogens (tertiary/aromatic N) is 2. The van der Waals surface area contributed by atoms with Gasteiger partial charge in [0.25, 0.3) is 5.56 Å². The first kappa shape index (κ1) is 20.3. The van der Waals surface area contributed by atoms with E-state index in [0.717, 1.165) is 36.8 Å². The summed E-state index contributed by atoms with van der Waals surface area (Å²) in [5, 5.41) is 1.26. The Balaban J connectivity index is 1.73. The molecule has 6 heteroatoms. The van der Waals surface area contributed by atoms with Crippen molar-refractivity contribution in [2.75, 3.05) is 4.90 Å². The van der Waals surface area contributed by atoms with E-state index in [-0.39, 0.29) is 29.5 Å². The minimum Gasteiger partial charge on any atom is -0.288 e. The summed E-state index contributed by atoms with van der Waals surface area (Å²) in [6.45, 7) is 0. The number of rotatable bonds is 3. The number of hydrogen-bond acceptors (Lipinski definition) is 2. The van der Waals surface area contributed by atoms with Crippen molar-refractivity contribution < 1.29 is 4.79 Å². The fraction of sp³-hybridized carbons (Fsp3) is 0.280. The normalized spacial score (nSPS) is 20.8. The number of carbonyl (C=O) groups is 1. The average molecular weight is 453 g/mol. The summed E-state index contributed by atoms with van der Waals surface area (Å²) in [6, 6.07) is 19.5. The quantitative estimate of drug-likeness (QED) is 0.487. The van der Waals surface area contributed by atoms with E-state index < -0.39 is 0 Å². The van der Waals surface area contributed by atoms with Gasteiger partial charge in [-0.2, -0.15) is 0 Å². The van der Waals surface area contributed by atoms with Gasteiger partial charge >= 0.3 is 0 Å². The lowest BCUT2D eigenvalue weighted by molar-refractivity contribution is -0.122. The first-order valence-electron chi connectivity index (χ1n) is 10.6. The third-order valence-corrected chi connectivity index (χ3v) is 6.94. The van der Waals surface area contributed by atoms with E-state index in [1.54, 1.807) is 16.7 Å². The molecule has 0 unspecified atom stereocenters. The maximum absolute atomic E-state index is 13.8. The predicted molar refractivity (Wildman–Crippen MR) is 124 cm³/mol. The second-order valence-electron chi connectivity index (χ2n) is 8.27. The number of anilines is 1. The van der Waals surface area contributed by atoms with E-state index in [9.17, 15) is 9.59 Å². The van der Waals surface area contributed by atoms with Gasteiger partial charge in [-0.15, -0.1) is 0 Å². The molecule has 1 fully saturated rings. The van der Waals surface area contributed by atoms with Crippen LogP contribution in [0, 0.1) is 5.92 Å². The van der Waals surface area contributed by atoms with Crippen LogP contribution >= 0.6 is 23.2 Å². The summed E-state index contributed by atoms with van der Waals surface area (Å²) in [6.07, 6.45) is 3.92. The molecule has 1 aliphatic heterocycles. The van der Waals surface area contributed by atoms with Gasteiger partial charge in [0.1, 0.15) is 5.82 Å². The first-order valence-corrected chi connectivity index (χ1v) is 11.4. The molecule has 1 amide bonds. The van der Waals surface area contributed by atoms with E-state index in [2.05, 4.69) is 0 Å². The largest absolute Gasteiger partial charge is 0.288 e. The van der Waals surface area contributed by atoms with Gasteiger partial charge in [0, 0.05) is 22.0 Å². The van der Waals surface area contributed by atoms with Crippen LogP contribution in [0.1, 0.15) is 48.9 Å². The van der Waals surface area contributed by atoms with E-state index >= 15 is 0 Å². The SMILES string of the molecule is O=C(C1CCCC1)N1c2cccc(=O)n2[C@@H](c2ccc(Cl)cc2)[C@H]1c1ccc(Cl)cc1. The molecule has 2 heterocycles. The van der Waals surface area contributed by atoms with Gasteiger partial charge in [-0.1, -0.05) is 66.4 Å². The van der Waals surface area contributed by atoms with E-state index in [1.165, 1.54) is 0 Å². The minimum atomic E-state index is -0.354. The molecule has 1 aliphatic carbocycles. The number of halogens is 2. The molecule has 0 spiro atoms. The van der Waals surface area contributed by atoms with Crippen LogP contribution in [0.3, 0.4) is 0 Å². The van der Waals surface area contributed by atoms with Gasteiger partial charge in [-0.3, -0.25) is 19.1 Å². The Morgan fingerprint density at radius 3 is 1.90 bits per heavy atom. The molecule has 158 valence electrons. The number of fused-ring (bicyclic) bond motifs is 1. The maximum Gasteiger partial charge on any atom is 0.252 e. The number of hydrogen-bond donors (Lipinski definition) is 0. The molecule has 3 aromatic rings. The molecule has 2 aromatic carbocycles. The first-order chi connectivity index (χ1) is 15.0. The summed E-state index contributed by atoms with van der Waals surface area (Å²) in [4.78, 5) is 28.7. The van der Waals surface area contributed by atoms with Crippen molar-refractivity contribution in [1.82, 2.24) is 4.57 Å². The van der Waals surface area contributed by atoms with Crippen molar-refractivity contribution in [3.63, 3.8) is 0 Å². The van der Waals surface area contributed by atoms with Crippen LogP contribution in [-0.2, 0) is 4.79 Å². The van der Waals surface area contributed by atoms with Gasteiger partial charge in [0.2, 0.25) is 5.91 Å². The van der Waals surface area contributed by atoms with Crippen molar-refractivity contribution >= 4 is 34.9 Å². The Labute approximate surface area is 191 Å². The fourth-order valence-electron chi connectivity index (χ4n) is 4.99. The molecule has 5 rings (SSSR count). The van der Waals surface area contributed by atoms with Crippen molar-refractivity contribution in [2.45, 2.75) is 37.8 Å². The Kier molecular flexibility index (Phi) is 5.37. The summed E-state index contributed by atoms with van der Waals surface area (Å²) in [5.74, 6) is 0.722. The number of benzene rings is 2. The Morgan fingerprint density at radius 2 is 1.32 bits per heavy atom. The van der Waals surface area contributed by atoms with Crippen LogP contribution in [0.5, 0.6) is 0 Å². The van der Waals surface area contributed by atoms with Crippen LogP contribution in [0.4, 0.5) is 5.82 Å². The highest BCUT2D eigenvalue weighted by molar-refractivity contribution is 6.30. The van der Waals surface area contributed by atoms with Gasteiger partial charge < -0.3 is 0 Å². The highest BCUT2D eigenvalue weighted by Crippen LogP contribution is 2.48. The van der Waals surface area contributed by atoms with Crippen LogP contribution in [0.15, 0.2) is 71.5 Å². The molecule has 2 atom stereocenters. The van der Waals surface area contributed by atoms with Gasteiger partial charge in [0.15, 0.2) is 0 Å². The zero-order chi connectivity index (χ0) is 21.5. The van der Waals surface area contributed by atoms with Crippen molar-refractivity contribution in [3.05, 3.63) is 98.3 Å². The highest BCUT2D eigenvalue weighted by atomic mass is 35.5. The van der Waals surface area contributed by atoms with E-state index in [1.807, 2.05) is 59.5 Å². The molecule has 0 saturated heterocycles. The zero-order valence-electron chi connectivity index (χ0n) is 16.9. The van der Waals surface area contributed by atoms with Gasteiger partial charge in [0.05, 0.1) is 12.1 Å². The summed E-state index contributed by atoms with van der Waals surface area (Å²) in [7, 11) is 0. The maximum atomic E-state index is 13.8. The lowest BCUT2D eigenvalue weighted by Gasteiger charge is -2.30. The summed E-state index contributed by atoms with van der Waals surface area (Å²) < 4.78 is 1.75. The minimum absolute atomic E-state index is 0.0115. The Morgan fingerprint density at radius 1 is 0.774 bits per heavy atom. The van der Waals surface area contributed by atoms with Gasteiger partial charge in [-0.05, 0) is 54.3 Å².